The Kier molecular flexibility index (Phi) is 14.0. The summed E-state index contributed by atoms with van der Waals surface area (Å²) in [5.74, 6) is 0.760. The SMILES string of the molecule is CCCCCCCCCCc1cnc(-c2[c-]cc3ccccc3c2)nc1.Cc1ccnc2c1ccc1c(C)ccnc12.F[P-](F)(F)(F)(F)F.[Ir]. The number of aromatic nitrogens is 4. The van der Waals surface area contributed by atoms with Gasteiger partial charge in [-0.05, 0) is 55.5 Å². The number of halogens is 6. The molecule has 3 aromatic carbocycles. The zero-order valence-electron chi connectivity index (χ0n) is 28.3. The first-order valence-electron chi connectivity index (χ1n) is 16.5. The molecule has 3 aromatic heterocycles. The van der Waals surface area contributed by atoms with Gasteiger partial charge in [0.05, 0.1) is 16.9 Å². The van der Waals surface area contributed by atoms with E-state index >= 15 is 0 Å². The maximum absolute atomic E-state index is 10.7. The molecule has 0 saturated heterocycles. The Balaban J connectivity index is 0.000000239. The van der Waals surface area contributed by atoms with Crippen molar-refractivity contribution in [3.8, 4) is 11.4 Å². The van der Waals surface area contributed by atoms with Crippen molar-refractivity contribution in [2.75, 3.05) is 0 Å². The van der Waals surface area contributed by atoms with Crippen molar-refractivity contribution in [2.45, 2.75) is 78.6 Å². The first kappa shape index (κ1) is 40.9. The Hall–Kier alpha value is -3.52. The summed E-state index contributed by atoms with van der Waals surface area (Å²) >= 11 is 0. The van der Waals surface area contributed by atoms with Gasteiger partial charge in [-0.2, -0.15) is 0 Å². The summed E-state index contributed by atoms with van der Waals surface area (Å²) in [5.41, 5.74) is 6.69. The van der Waals surface area contributed by atoms with Crippen LogP contribution in [0, 0.1) is 19.9 Å². The number of unbranched alkanes of at least 4 members (excludes halogenated alkanes) is 7. The van der Waals surface area contributed by atoms with Crippen molar-refractivity contribution in [1.82, 2.24) is 19.9 Å². The largest absolute Gasteiger partial charge is 0 e. The summed E-state index contributed by atoms with van der Waals surface area (Å²) in [5, 5.41) is 4.77. The fraction of sp³-hybridized carbons (Fsp3) is 0.316. The monoisotopic (exact) mass is 891 g/mol. The molecule has 50 heavy (non-hydrogen) atoms. The molecule has 0 spiro atoms. The molecular formula is C38H41F6IrN4P-2. The predicted octanol–water partition coefficient (Wildman–Crippen LogP) is 13.6. The van der Waals surface area contributed by atoms with E-state index in [1.54, 1.807) is 0 Å². The van der Waals surface area contributed by atoms with E-state index in [1.807, 2.05) is 49.1 Å². The molecule has 271 valence electrons. The molecule has 4 nitrogen and oxygen atoms in total. The van der Waals surface area contributed by atoms with Gasteiger partial charge in [-0.25, -0.2) is 0 Å². The first-order chi connectivity index (χ1) is 23.1. The average Bonchev–Trinajstić information content (AvgIpc) is 3.05. The van der Waals surface area contributed by atoms with Crippen LogP contribution in [-0.4, -0.2) is 19.9 Å². The van der Waals surface area contributed by atoms with E-state index in [4.69, 9.17) is 0 Å². The number of rotatable bonds is 10. The molecule has 0 aliphatic carbocycles. The number of aryl methyl sites for hydroxylation is 3. The normalized spacial score (nSPS) is 12.6. The molecule has 0 N–H and O–H groups in total. The third-order valence-corrected chi connectivity index (χ3v) is 8.00. The van der Waals surface area contributed by atoms with Gasteiger partial charge in [0.15, 0.2) is 0 Å². The molecule has 3 heterocycles. The maximum atomic E-state index is 9.87. The average molecular weight is 891 g/mol. The molecule has 0 aliphatic heterocycles. The summed E-state index contributed by atoms with van der Waals surface area (Å²) in [6.07, 6.45) is 19.5. The van der Waals surface area contributed by atoms with Gasteiger partial charge >= 0.3 is 33.0 Å². The number of hydrogen-bond donors (Lipinski definition) is 0. The third kappa shape index (κ3) is 14.0. The standard InChI is InChI=1S/C24H29N2.C14H12N2.F6P.Ir/c1-2-3-4-5-6-7-8-9-12-20-18-25-24(26-19-20)23-16-15-21-13-10-11-14-22(21)17-23;1-9-5-7-15-13-11(9)3-4-12-10(2)6-8-16-14(12)13;1-7(2,3,4,5)6;/h10-11,13-15,17-19H,2-9,12H2,1H3;3-8H,1-2H3;;/q-1;;-1;. The van der Waals surface area contributed by atoms with E-state index < -0.39 is 7.81 Å². The van der Waals surface area contributed by atoms with Crippen LogP contribution in [0.25, 0.3) is 44.0 Å². The molecule has 12 heteroatoms. The molecule has 0 aliphatic rings. The first-order valence-corrected chi connectivity index (χ1v) is 18.5. The Morgan fingerprint density at radius 1 is 0.620 bits per heavy atom. The second kappa shape index (κ2) is 17.1. The molecule has 6 aromatic rings. The van der Waals surface area contributed by atoms with Crippen molar-refractivity contribution in [2.24, 2.45) is 0 Å². The molecule has 0 bridgehead atoms. The molecule has 1 radical (unpaired) electrons. The van der Waals surface area contributed by atoms with E-state index in [9.17, 15) is 25.2 Å². The van der Waals surface area contributed by atoms with Crippen LogP contribution in [0.4, 0.5) is 25.2 Å². The van der Waals surface area contributed by atoms with Gasteiger partial charge in [-0.15, -0.1) is 29.1 Å². The molecular weight excluding hydrogens is 850 g/mol. The Morgan fingerprint density at radius 3 is 1.62 bits per heavy atom. The number of fused-ring (bicyclic) bond motifs is 4. The fourth-order valence-corrected chi connectivity index (χ4v) is 5.45. The van der Waals surface area contributed by atoms with Gasteiger partial charge in [0.25, 0.3) is 0 Å². The van der Waals surface area contributed by atoms with Crippen LogP contribution < -0.4 is 0 Å². The van der Waals surface area contributed by atoms with Crippen molar-refractivity contribution in [1.29, 1.82) is 0 Å². The van der Waals surface area contributed by atoms with E-state index in [-0.39, 0.29) is 20.1 Å². The van der Waals surface area contributed by atoms with Crippen LogP contribution in [0.1, 0.15) is 75.0 Å². The van der Waals surface area contributed by atoms with E-state index in [2.05, 4.69) is 83.2 Å². The second-order valence-electron chi connectivity index (χ2n) is 12.2. The Bertz CT molecular complexity index is 1920. The minimum Gasteiger partial charge on any atom is 0 e. The molecule has 0 saturated carbocycles. The van der Waals surface area contributed by atoms with Gasteiger partial charge in [0.1, 0.15) is 0 Å². The fourth-order valence-electron chi connectivity index (χ4n) is 5.45. The van der Waals surface area contributed by atoms with Gasteiger partial charge in [0, 0.05) is 55.7 Å². The van der Waals surface area contributed by atoms with E-state index in [1.165, 1.54) is 89.6 Å². The molecule has 0 atom stereocenters. The van der Waals surface area contributed by atoms with Crippen molar-refractivity contribution in [3.05, 3.63) is 108 Å². The summed E-state index contributed by atoms with van der Waals surface area (Å²) in [7, 11) is -10.7. The Labute approximate surface area is 302 Å². The van der Waals surface area contributed by atoms with Crippen LogP contribution in [0.3, 0.4) is 0 Å². The number of pyridine rings is 2. The zero-order valence-corrected chi connectivity index (χ0v) is 31.6. The molecule has 0 fully saturated rings. The summed E-state index contributed by atoms with van der Waals surface area (Å²) in [6.45, 7) is 6.47. The van der Waals surface area contributed by atoms with Crippen LogP contribution in [0.5, 0.6) is 0 Å². The smallest absolute Gasteiger partial charge is 0 e. The van der Waals surface area contributed by atoms with Crippen LogP contribution >= 0.6 is 7.81 Å². The van der Waals surface area contributed by atoms with E-state index in [0.29, 0.717) is 0 Å². The molecule has 6 rings (SSSR count). The van der Waals surface area contributed by atoms with Crippen molar-refractivity contribution < 1.29 is 45.3 Å². The zero-order chi connectivity index (χ0) is 35.6. The maximum Gasteiger partial charge on any atom is 0 e. The Morgan fingerprint density at radius 2 is 1.10 bits per heavy atom. The molecule has 0 unspecified atom stereocenters. The minimum absolute atomic E-state index is 0. The number of nitrogens with zero attached hydrogens (tertiary/aromatic N) is 4. The van der Waals surface area contributed by atoms with Gasteiger partial charge in [-0.3, -0.25) is 19.9 Å². The van der Waals surface area contributed by atoms with Gasteiger partial charge in [0.2, 0.25) is 0 Å². The number of benzene rings is 3. The topological polar surface area (TPSA) is 51.6 Å². The minimum atomic E-state index is -10.7. The van der Waals surface area contributed by atoms with Crippen molar-refractivity contribution >= 4 is 40.4 Å². The summed E-state index contributed by atoms with van der Waals surface area (Å²) in [4.78, 5) is 18.0. The number of hydrogen-bond acceptors (Lipinski definition) is 4. The van der Waals surface area contributed by atoms with Gasteiger partial charge < -0.3 is 0 Å². The van der Waals surface area contributed by atoms with Crippen LogP contribution in [0.15, 0.2) is 85.5 Å². The van der Waals surface area contributed by atoms with Gasteiger partial charge in [-0.1, -0.05) is 93.7 Å². The van der Waals surface area contributed by atoms with E-state index in [0.717, 1.165) is 28.8 Å². The summed E-state index contributed by atoms with van der Waals surface area (Å²) < 4.78 is 59.2. The predicted molar refractivity (Wildman–Crippen MR) is 190 cm³/mol. The van der Waals surface area contributed by atoms with Crippen LogP contribution in [0.2, 0.25) is 0 Å². The molecule has 0 amide bonds. The van der Waals surface area contributed by atoms with Crippen LogP contribution in [-0.2, 0) is 26.5 Å². The van der Waals surface area contributed by atoms with Crippen molar-refractivity contribution in [3.63, 3.8) is 0 Å². The quantitative estimate of drug-likeness (QED) is 0.0452. The second-order valence-corrected chi connectivity index (χ2v) is 14.1. The third-order valence-electron chi connectivity index (χ3n) is 8.00. The summed E-state index contributed by atoms with van der Waals surface area (Å²) in [6, 6.07) is 24.1.